The van der Waals surface area contributed by atoms with E-state index in [-0.39, 0.29) is 0 Å². The van der Waals surface area contributed by atoms with Gasteiger partial charge in [0.2, 0.25) is 0 Å². The van der Waals surface area contributed by atoms with Gasteiger partial charge in [0.1, 0.15) is 0 Å². The molecule has 0 amide bonds. The van der Waals surface area contributed by atoms with Crippen molar-refractivity contribution >= 4 is 17.0 Å². The van der Waals surface area contributed by atoms with Crippen LogP contribution in [0.25, 0.3) is 10.4 Å². The first kappa shape index (κ1) is 20.2. The van der Waals surface area contributed by atoms with Crippen LogP contribution in [0.2, 0.25) is 0 Å². The quantitative estimate of drug-likeness (QED) is 0.342. The standard InChI is InChI=1S/C24H19F3N2S/c1-17-22(19-11-8-12-20(15-19)24(25,26)27)30-23(28-21-13-6-3-7-14-21)29(17)16-18-9-4-2-5-10-18/h2-15H,16H2,1H3. The number of para-hydroxylation sites is 1. The van der Waals surface area contributed by atoms with Gasteiger partial charge in [-0.05, 0) is 42.3 Å². The summed E-state index contributed by atoms with van der Waals surface area (Å²) in [5, 5.41) is 0. The summed E-state index contributed by atoms with van der Waals surface area (Å²) in [4.78, 5) is 6.30. The molecule has 0 aliphatic rings. The van der Waals surface area contributed by atoms with Crippen LogP contribution in [0, 0.1) is 6.92 Å². The van der Waals surface area contributed by atoms with Gasteiger partial charge in [-0.3, -0.25) is 0 Å². The van der Waals surface area contributed by atoms with Crippen LogP contribution in [0.15, 0.2) is 89.9 Å². The van der Waals surface area contributed by atoms with Crippen molar-refractivity contribution in [3.63, 3.8) is 0 Å². The van der Waals surface area contributed by atoms with Gasteiger partial charge in [-0.15, -0.1) is 0 Å². The van der Waals surface area contributed by atoms with E-state index < -0.39 is 11.7 Å². The van der Waals surface area contributed by atoms with Gasteiger partial charge in [0.15, 0.2) is 4.80 Å². The molecule has 2 nitrogen and oxygen atoms in total. The Morgan fingerprint density at radius 3 is 2.20 bits per heavy atom. The van der Waals surface area contributed by atoms with Crippen LogP contribution in [-0.2, 0) is 12.7 Å². The number of halogens is 3. The lowest BCUT2D eigenvalue weighted by Crippen LogP contribution is -2.16. The molecule has 4 aromatic rings. The van der Waals surface area contributed by atoms with E-state index in [0.717, 1.165) is 32.7 Å². The molecule has 0 radical (unpaired) electrons. The Labute approximate surface area is 176 Å². The molecule has 0 aliphatic carbocycles. The van der Waals surface area contributed by atoms with Crippen LogP contribution in [-0.4, -0.2) is 4.57 Å². The number of rotatable bonds is 4. The molecular formula is C24H19F3N2S. The second kappa shape index (κ2) is 8.32. The SMILES string of the molecule is Cc1c(-c2cccc(C(F)(F)F)c2)sc(=Nc2ccccc2)n1Cc1ccccc1. The van der Waals surface area contributed by atoms with Crippen molar-refractivity contribution in [2.75, 3.05) is 0 Å². The molecule has 1 heterocycles. The van der Waals surface area contributed by atoms with E-state index in [1.54, 1.807) is 6.07 Å². The fourth-order valence-electron chi connectivity index (χ4n) is 3.24. The largest absolute Gasteiger partial charge is 0.416 e. The summed E-state index contributed by atoms with van der Waals surface area (Å²) in [6, 6.07) is 25.0. The summed E-state index contributed by atoms with van der Waals surface area (Å²) in [6.45, 7) is 2.52. The number of aromatic nitrogens is 1. The molecule has 0 N–H and O–H groups in total. The van der Waals surface area contributed by atoms with Crippen LogP contribution >= 0.6 is 11.3 Å². The van der Waals surface area contributed by atoms with Gasteiger partial charge >= 0.3 is 6.18 Å². The van der Waals surface area contributed by atoms with Gasteiger partial charge in [0.25, 0.3) is 0 Å². The number of thiazole rings is 1. The Morgan fingerprint density at radius 1 is 0.867 bits per heavy atom. The van der Waals surface area contributed by atoms with E-state index in [9.17, 15) is 13.2 Å². The van der Waals surface area contributed by atoms with E-state index in [1.807, 2.05) is 67.6 Å². The topological polar surface area (TPSA) is 17.3 Å². The molecule has 0 unspecified atom stereocenters. The van der Waals surface area contributed by atoms with E-state index in [2.05, 4.69) is 4.57 Å². The lowest BCUT2D eigenvalue weighted by Gasteiger charge is -2.10. The summed E-state index contributed by atoms with van der Waals surface area (Å²) in [7, 11) is 0. The fourth-order valence-corrected chi connectivity index (χ4v) is 4.39. The molecular weight excluding hydrogens is 405 g/mol. The third kappa shape index (κ3) is 4.39. The van der Waals surface area contributed by atoms with E-state index >= 15 is 0 Å². The van der Waals surface area contributed by atoms with Gasteiger partial charge in [0.05, 0.1) is 22.7 Å². The Morgan fingerprint density at radius 2 is 1.53 bits per heavy atom. The van der Waals surface area contributed by atoms with E-state index in [0.29, 0.717) is 12.1 Å². The summed E-state index contributed by atoms with van der Waals surface area (Å²) in [6.07, 6.45) is -4.38. The van der Waals surface area contributed by atoms with Crippen LogP contribution in [0.1, 0.15) is 16.8 Å². The van der Waals surface area contributed by atoms with Crippen molar-refractivity contribution in [1.82, 2.24) is 4.57 Å². The highest BCUT2D eigenvalue weighted by Crippen LogP contribution is 2.34. The van der Waals surface area contributed by atoms with Crippen molar-refractivity contribution in [2.45, 2.75) is 19.6 Å². The molecule has 0 aliphatic heterocycles. The van der Waals surface area contributed by atoms with E-state index in [4.69, 9.17) is 4.99 Å². The minimum absolute atomic E-state index is 0.545. The van der Waals surface area contributed by atoms with Crippen LogP contribution in [0.5, 0.6) is 0 Å². The smallest absolute Gasteiger partial charge is 0.316 e. The normalized spacial score (nSPS) is 12.3. The minimum atomic E-state index is -4.38. The molecule has 0 atom stereocenters. The molecule has 6 heteroatoms. The molecule has 0 spiro atoms. The highest BCUT2D eigenvalue weighted by Gasteiger charge is 2.30. The summed E-state index contributed by atoms with van der Waals surface area (Å²) >= 11 is 1.40. The third-order valence-corrected chi connectivity index (χ3v) is 6.00. The van der Waals surface area contributed by atoms with Crippen molar-refractivity contribution in [3.8, 4) is 10.4 Å². The third-order valence-electron chi connectivity index (χ3n) is 4.77. The zero-order valence-electron chi connectivity index (χ0n) is 16.2. The van der Waals surface area contributed by atoms with Crippen molar-refractivity contribution < 1.29 is 13.2 Å². The Balaban J connectivity index is 1.87. The lowest BCUT2D eigenvalue weighted by atomic mass is 10.1. The van der Waals surface area contributed by atoms with Crippen molar-refractivity contribution in [1.29, 1.82) is 0 Å². The monoisotopic (exact) mass is 424 g/mol. The van der Waals surface area contributed by atoms with Gasteiger partial charge in [0, 0.05) is 5.69 Å². The predicted octanol–water partition coefficient (Wildman–Crippen LogP) is 6.82. The first-order valence-electron chi connectivity index (χ1n) is 9.43. The number of nitrogens with zero attached hydrogens (tertiary/aromatic N) is 2. The average Bonchev–Trinajstić information content (AvgIpc) is 3.04. The Hall–Kier alpha value is -3.12. The summed E-state index contributed by atoms with van der Waals surface area (Å²) < 4.78 is 41.7. The highest BCUT2D eigenvalue weighted by molar-refractivity contribution is 7.13. The summed E-state index contributed by atoms with van der Waals surface area (Å²) in [5.74, 6) is 0. The maximum Gasteiger partial charge on any atom is 0.416 e. The molecule has 1 aromatic heterocycles. The van der Waals surface area contributed by atoms with Gasteiger partial charge < -0.3 is 4.57 Å². The lowest BCUT2D eigenvalue weighted by molar-refractivity contribution is -0.137. The number of benzene rings is 3. The maximum atomic E-state index is 13.2. The Kier molecular flexibility index (Phi) is 5.59. The minimum Gasteiger partial charge on any atom is -0.316 e. The molecule has 0 bridgehead atoms. The number of alkyl halides is 3. The molecule has 0 fully saturated rings. The number of hydrogen-bond donors (Lipinski definition) is 0. The second-order valence-corrected chi connectivity index (χ2v) is 7.87. The Bertz CT molecular complexity index is 1210. The first-order valence-corrected chi connectivity index (χ1v) is 10.2. The number of hydrogen-bond acceptors (Lipinski definition) is 2. The highest BCUT2D eigenvalue weighted by atomic mass is 32.1. The maximum absolute atomic E-state index is 13.2. The molecule has 0 saturated carbocycles. The average molecular weight is 424 g/mol. The molecule has 152 valence electrons. The predicted molar refractivity (Wildman–Crippen MR) is 115 cm³/mol. The van der Waals surface area contributed by atoms with Gasteiger partial charge in [-0.2, -0.15) is 13.2 Å². The fraction of sp³-hybridized carbons (Fsp3) is 0.125. The molecule has 3 aromatic carbocycles. The summed E-state index contributed by atoms with van der Waals surface area (Å²) in [5.41, 5.74) is 2.69. The van der Waals surface area contributed by atoms with Crippen LogP contribution in [0.3, 0.4) is 0 Å². The molecule has 4 rings (SSSR count). The van der Waals surface area contributed by atoms with Crippen molar-refractivity contribution in [3.05, 3.63) is 107 Å². The van der Waals surface area contributed by atoms with E-state index in [1.165, 1.54) is 23.5 Å². The molecule has 0 saturated heterocycles. The van der Waals surface area contributed by atoms with Crippen LogP contribution < -0.4 is 4.80 Å². The molecule has 30 heavy (non-hydrogen) atoms. The van der Waals surface area contributed by atoms with Gasteiger partial charge in [-0.25, -0.2) is 4.99 Å². The zero-order chi connectivity index (χ0) is 21.1. The van der Waals surface area contributed by atoms with Gasteiger partial charge in [-0.1, -0.05) is 72.0 Å². The zero-order valence-corrected chi connectivity index (χ0v) is 17.0. The van der Waals surface area contributed by atoms with Crippen LogP contribution in [0.4, 0.5) is 18.9 Å². The van der Waals surface area contributed by atoms with Crippen molar-refractivity contribution in [2.24, 2.45) is 4.99 Å². The first-order chi connectivity index (χ1) is 14.4. The second-order valence-electron chi connectivity index (χ2n) is 6.90.